The molecular formula is C20H28O7. The van der Waals surface area contributed by atoms with E-state index in [1.807, 2.05) is 0 Å². The Morgan fingerprint density at radius 3 is 2.52 bits per heavy atom. The molecule has 27 heavy (non-hydrogen) atoms. The minimum Gasteiger partial charge on any atom is -0.472 e. The van der Waals surface area contributed by atoms with E-state index in [1.165, 1.54) is 19.5 Å². The first-order chi connectivity index (χ1) is 12.5. The molecule has 0 aromatic carbocycles. The molecule has 1 aliphatic heterocycles. The average Bonchev–Trinajstić information content (AvgIpc) is 3.24. The van der Waals surface area contributed by atoms with Crippen molar-refractivity contribution in [2.24, 2.45) is 16.7 Å². The SMILES string of the molecule is C[C@@H]1[C@@H](O)C[C@]2(C)[C@](O)(CC[C@H](O)[C@@]2(C)O)[C@@]12C[C@H](c1ccoc1)OC2=O. The van der Waals surface area contributed by atoms with Gasteiger partial charge >= 0.3 is 5.97 Å². The van der Waals surface area contributed by atoms with Crippen LogP contribution in [-0.2, 0) is 9.53 Å². The lowest BCUT2D eigenvalue weighted by atomic mass is 9.39. The van der Waals surface area contributed by atoms with Crippen LogP contribution in [0.1, 0.15) is 58.1 Å². The van der Waals surface area contributed by atoms with Gasteiger partial charge in [0.2, 0.25) is 0 Å². The van der Waals surface area contributed by atoms with Crippen molar-refractivity contribution in [3.8, 4) is 0 Å². The first-order valence-electron chi connectivity index (χ1n) is 9.55. The van der Waals surface area contributed by atoms with Crippen LogP contribution >= 0.6 is 0 Å². The van der Waals surface area contributed by atoms with Crippen LogP contribution in [0.2, 0.25) is 0 Å². The Bertz CT molecular complexity index is 744. The fraction of sp³-hybridized carbons (Fsp3) is 0.750. The van der Waals surface area contributed by atoms with E-state index in [2.05, 4.69) is 0 Å². The molecule has 1 aromatic heterocycles. The van der Waals surface area contributed by atoms with Crippen molar-refractivity contribution < 1.29 is 34.4 Å². The normalized spacial score (nSPS) is 52.6. The Morgan fingerprint density at radius 1 is 1.19 bits per heavy atom. The van der Waals surface area contributed by atoms with Gasteiger partial charge in [0.05, 0.1) is 35.9 Å². The second-order valence-electron chi connectivity index (χ2n) is 9.08. The first-order valence-corrected chi connectivity index (χ1v) is 9.55. The summed E-state index contributed by atoms with van der Waals surface area (Å²) in [5.74, 6) is -1.13. The van der Waals surface area contributed by atoms with Gasteiger partial charge in [0.25, 0.3) is 0 Å². The van der Waals surface area contributed by atoms with Crippen molar-refractivity contribution in [1.82, 2.24) is 0 Å². The lowest BCUT2D eigenvalue weighted by Crippen LogP contribution is -2.78. The molecule has 0 bridgehead atoms. The molecule has 7 nitrogen and oxygen atoms in total. The number of rotatable bonds is 1. The van der Waals surface area contributed by atoms with Gasteiger partial charge in [0.1, 0.15) is 11.5 Å². The predicted octanol–water partition coefficient (Wildman–Crippen LogP) is 1.30. The second kappa shape index (κ2) is 5.56. The van der Waals surface area contributed by atoms with Crippen molar-refractivity contribution in [3.05, 3.63) is 24.2 Å². The maximum atomic E-state index is 13.2. The molecule has 0 radical (unpaired) electrons. The van der Waals surface area contributed by atoms with E-state index in [-0.39, 0.29) is 25.7 Å². The van der Waals surface area contributed by atoms with Crippen LogP contribution in [-0.4, -0.2) is 49.8 Å². The van der Waals surface area contributed by atoms with Gasteiger partial charge < -0.3 is 29.6 Å². The van der Waals surface area contributed by atoms with Crippen LogP contribution in [0.15, 0.2) is 23.0 Å². The molecule has 3 fully saturated rings. The molecule has 1 spiro atoms. The minimum atomic E-state index is -1.66. The number of ether oxygens (including phenoxy) is 1. The smallest absolute Gasteiger partial charge is 0.316 e. The standard InChI is InChI=1S/C20H28O7/c1-11-13(21)8-17(2)18(3,24)15(22)4-6-20(17,25)19(11)9-14(27-16(19)23)12-5-7-26-10-12/h5,7,10-11,13-15,21-22,24-25H,4,6,8-9H2,1-3H3/t11-,13+,14-,15+,17+,18-,19+,20-/m1/s1. The van der Waals surface area contributed by atoms with E-state index in [1.54, 1.807) is 19.9 Å². The Morgan fingerprint density at radius 2 is 1.89 bits per heavy atom. The zero-order chi connectivity index (χ0) is 19.8. The maximum Gasteiger partial charge on any atom is 0.316 e. The molecule has 2 saturated carbocycles. The van der Waals surface area contributed by atoms with Crippen molar-refractivity contribution in [1.29, 1.82) is 0 Å². The molecule has 1 aromatic rings. The first kappa shape index (κ1) is 18.9. The number of fused-ring (bicyclic) bond motifs is 2. The highest BCUT2D eigenvalue weighted by atomic mass is 16.6. The van der Waals surface area contributed by atoms with E-state index in [0.29, 0.717) is 5.56 Å². The number of aliphatic hydroxyl groups excluding tert-OH is 2. The molecule has 0 amide bonds. The quantitative estimate of drug-likeness (QED) is 0.542. The number of esters is 1. The Labute approximate surface area is 157 Å². The zero-order valence-electron chi connectivity index (χ0n) is 15.9. The number of aliphatic hydroxyl groups is 4. The monoisotopic (exact) mass is 380 g/mol. The lowest BCUT2D eigenvalue weighted by Gasteiger charge is -2.67. The molecule has 2 aliphatic carbocycles. The minimum absolute atomic E-state index is 0.0835. The summed E-state index contributed by atoms with van der Waals surface area (Å²) in [6.07, 6.45) is 0.999. The molecule has 1 saturated heterocycles. The predicted molar refractivity (Wildman–Crippen MR) is 93.3 cm³/mol. The molecule has 8 atom stereocenters. The summed E-state index contributed by atoms with van der Waals surface area (Å²) in [7, 11) is 0. The Kier molecular flexibility index (Phi) is 3.90. The molecule has 0 unspecified atom stereocenters. The van der Waals surface area contributed by atoms with E-state index in [9.17, 15) is 25.2 Å². The second-order valence-corrected chi connectivity index (χ2v) is 9.08. The fourth-order valence-electron chi connectivity index (χ4n) is 6.09. The molecule has 150 valence electrons. The molecule has 2 heterocycles. The highest BCUT2D eigenvalue weighted by Crippen LogP contribution is 2.69. The van der Waals surface area contributed by atoms with Crippen molar-refractivity contribution in [3.63, 3.8) is 0 Å². The topological polar surface area (TPSA) is 120 Å². The van der Waals surface area contributed by atoms with E-state index >= 15 is 0 Å². The van der Waals surface area contributed by atoms with Crippen LogP contribution in [0.4, 0.5) is 0 Å². The van der Waals surface area contributed by atoms with Crippen molar-refractivity contribution in [2.75, 3.05) is 0 Å². The van der Waals surface area contributed by atoms with Gasteiger partial charge in [-0.1, -0.05) is 13.8 Å². The third-order valence-corrected chi connectivity index (χ3v) is 8.20. The average molecular weight is 380 g/mol. The van der Waals surface area contributed by atoms with Gasteiger partial charge in [-0.15, -0.1) is 0 Å². The van der Waals surface area contributed by atoms with Gasteiger partial charge in [-0.25, -0.2) is 0 Å². The number of hydrogen-bond donors (Lipinski definition) is 4. The number of hydrogen-bond acceptors (Lipinski definition) is 7. The van der Waals surface area contributed by atoms with Gasteiger partial charge in [-0.05, 0) is 32.3 Å². The summed E-state index contributed by atoms with van der Waals surface area (Å²) in [5.41, 5.74) is -5.27. The summed E-state index contributed by atoms with van der Waals surface area (Å²) in [4.78, 5) is 13.2. The summed E-state index contributed by atoms with van der Waals surface area (Å²) in [5, 5.41) is 44.5. The van der Waals surface area contributed by atoms with Crippen molar-refractivity contribution in [2.45, 2.75) is 76.0 Å². The molecule has 7 heteroatoms. The highest BCUT2D eigenvalue weighted by Gasteiger charge is 2.78. The molecule has 3 aliphatic rings. The van der Waals surface area contributed by atoms with Gasteiger partial charge in [0, 0.05) is 23.3 Å². The number of cyclic esters (lactones) is 1. The largest absolute Gasteiger partial charge is 0.472 e. The van der Waals surface area contributed by atoms with Gasteiger partial charge in [0.15, 0.2) is 0 Å². The fourth-order valence-corrected chi connectivity index (χ4v) is 6.09. The van der Waals surface area contributed by atoms with Crippen LogP contribution in [0.25, 0.3) is 0 Å². The number of carbonyl (C=O) groups excluding carboxylic acids is 1. The molecule has 4 N–H and O–H groups in total. The van der Waals surface area contributed by atoms with Gasteiger partial charge in [-0.3, -0.25) is 4.79 Å². The summed E-state index contributed by atoms with van der Waals surface area (Å²) in [6.45, 7) is 4.89. The summed E-state index contributed by atoms with van der Waals surface area (Å²) >= 11 is 0. The lowest BCUT2D eigenvalue weighted by molar-refractivity contribution is -0.321. The van der Waals surface area contributed by atoms with Crippen LogP contribution in [0.3, 0.4) is 0 Å². The zero-order valence-corrected chi connectivity index (χ0v) is 15.9. The summed E-state index contributed by atoms with van der Waals surface area (Å²) in [6, 6.07) is 1.71. The van der Waals surface area contributed by atoms with Crippen molar-refractivity contribution >= 4 is 5.97 Å². The number of furan rings is 1. The maximum absolute atomic E-state index is 13.2. The van der Waals surface area contributed by atoms with E-state index < -0.39 is 52.2 Å². The molecule has 4 rings (SSSR count). The summed E-state index contributed by atoms with van der Waals surface area (Å²) < 4.78 is 10.8. The number of carbonyl (C=O) groups is 1. The van der Waals surface area contributed by atoms with Crippen LogP contribution in [0, 0.1) is 16.7 Å². The highest BCUT2D eigenvalue weighted by molar-refractivity contribution is 5.82. The van der Waals surface area contributed by atoms with Gasteiger partial charge in [-0.2, -0.15) is 0 Å². The van der Waals surface area contributed by atoms with Crippen LogP contribution < -0.4 is 0 Å². The third kappa shape index (κ3) is 2.03. The molecular weight excluding hydrogens is 352 g/mol. The van der Waals surface area contributed by atoms with Crippen LogP contribution in [0.5, 0.6) is 0 Å². The van der Waals surface area contributed by atoms with E-state index in [0.717, 1.165) is 0 Å². The Balaban J connectivity index is 1.87. The Hall–Kier alpha value is -1.41. The van der Waals surface area contributed by atoms with E-state index in [4.69, 9.17) is 9.15 Å². The third-order valence-electron chi connectivity index (χ3n) is 8.20.